The van der Waals surface area contributed by atoms with E-state index in [0.717, 1.165) is 11.1 Å². The number of aliphatic hydroxyl groups excluding tert-OH is 1. The van der Waals surface area contributed by atoms with E-state index in [4.69, 9.17) is 0 Å². The van der Waals surface area contributed by atoms with Crippen molar-refractivity contribution in [2.24, 2.45) is 0 Å². The summed E-state index contributed by atoms with van der Waals surface area (Å²) in [6, 6.07) is 17.7. The molecule has 1 atom stereocenters. The van der Waals surface area contributed by atoms with E-state index in [0.29, 0.717) is 12.8 Å². The lowest BCUT2D eigenvalue weighted by Crippen LogP contribution is -2.28. The van der Waals surface area contributed by atoms with E-state index in [9.17, 15) is 9.90 Å². The van der Waals surface area contributed by atoms with Crippen LogP contribution in [0.4, 0.5) is 0 Å². The quantitative estimate of drug-likeness (QED) is 0.820. The zero-order valence-electron chi connectivity index (χ0n) is 13.4. The van der Waals surface area contributed by atoms with E-state index in [2.05, 4.69) is 5.32 Å². The lowest BCUT2D eigenvalue weighted by Gasteiger charge is -2.17. The van der Waals surface area contributed by atoms with Crippen LogP contribution in [-0.4, -0.2) is 17.6 Å². The lowest BCUT2D eigenvalue weighted by molar-refractivity contribution is -0.121. The molecular weight excluding hydrogens is 286 g/mol. The second-order valence-corrected chi connectivity index (χ2v) is 5.56. The molecule has 0 radical (unpaired) electrons. The highest BCUT2D eigenvalue weighted by Gasteiger charge is 2.12. The van der Waals surface area contributed by atoms with E-state index < -0.39 is 0 Å². The highest BCUT2D eigenvalue weighted by atomic mass is 16.3. The van der Waals surface area contributed by atoms with Gasteiger partial charge in [-0.05, 0) is 24.5 Å². The first-order chi connectivity index (χ1) is 11.2. The van der Waals surface area contributed by atoms with Gasteiger partial charge in [0, 0.05) is 13.0 Å². The van der Waals surface area contributed by atoms with Crippen LogP contribution < -0.4 is 5.32 Å². The van der Waals surface area contributed by atoms with Crippen LogP contribution in [0.1, 0.15) is 35.6 Å². The molecule has 0 aliphatic heterocycles. The van der Waals surface area contributed by atoms with E-state index >= 15 is 0 Å². The minimum Gasteiger partial charge on any atom is -0.396 e. The van der Waals surface area contributed by atoms with Gasteiger partial charge in [0.25, 0.3) is 0 Å². The van der Waals surface area contributed by atoms with Gasteiger partial charge in [0.05, 0.1) is 6.04 Å². The summed E-state index contributed by atoms with van der Waals surface area (Å²) in [7, 11) is 0. The molecule has 0 aliphatic rings. The van der Waals surface area contributed by atoms with Crippen LogP contribution in [0.15, 0.2) is 60.7 Å². The van der Waals surface area contributed by atoms with Crippen LogP contribution in [0.3, 0.4) is 0 Å². The largest absolute Gasteiger partial charge is 0.396 e. The maximum Gasteiger partial charge on any atom is 0.224 e. The number of aryl methyl sites for hydroxylation is 1. The Morgan fingerprint density at radius 2 is 1.83 bits per heavy atom. The molecule has 1 amide bonds. The molecule has 0 saturated carbocycles. The molecule has 3 nitrogen and oxygen atoms in total. The smallest absolute Gasteiger partial charge is 0.224 e. The number of benzene rings is 2. The summed E-state index contributed by atoms with van der Waals surface area (Å²) < 4.78 is 0. The number of carbonyl (C=O) groups excluding carboxylic acids is 1. The Bertz CT molecular complexity index is 632. The summed E-state index contributed by atoms with van der Waals surface area (Å²) in [5.74, 6) is -0.0457. The average Bonchev–Trinajstić information content (AvgIpc) is 2.57. The first-order valence-electron chi connectivity index (χ1n) is 7.87. The van der Waals surface area contributed by atoms with Gasteiger partial charge in [-0.3, -0.25) is 4.79 Å². The zero-order chi connectivity index (χ0) is 16.5. The molecule has 0 aromatic heterocycles. The summed E-state index contributed by atoms with van der Waals surface area (Å²) in [5.41, 5.74) is 3.31. The molecule has 23 heavy (non-hydrogen) atoms. The number of amides is 1. The molecular formula is C20H23NO2. The second-order valence-electron chi connectivity index (χ2n) is 5.56. The van der Waals surface area contributed by atoms with E-state index in [1.165, 1.54) is 5.56 Å². The molecule has 2 rings (SSSR count). The standard InChI is InChI=1S/C20H23NO2/c1-16-10-12-17(13-11-16)6-5-9-20(23)21-19(14-15-22)18-7-3-2-4-8-18/h2-8,10-13,19,22H,9,14-15H2,1H3,(H,21,23)/b6-5+. The Morgan fingerprint density at radius 3 is 2.48 bits per heavy atom. The second kappa shape index (κ2) is 8.91. The summed E-state index contributed by atoms with van der Waals surface area (Å²) in [6.07, 6.45) is 4.64. The first-order valence-corrected chi connectivity index (χ1v) is 7.87. The minimum atomic E-state index is -0.151. The highest BCUT2D eigenvalue weighted by molar-refractivity contribution is 5.79. The number of hydrogen-bond acceptors (Lipinski definition) is 2. The molecule has 0 aliphatic carbocycles. The summed E-state index contributed by atoms with van der Waals surface area (Å²) in [4.78, 5) is 12.1. The first kappa shape index (κ1) is 17.0. The molecule has 0 saturated heterocycles. The third kappa shape index (κ3) is 5.72. The van der Waals surface area contributed by atoms with Crippen molar-refractivity contribution in [2.75, 3.05) is 6.61 Å². The maximum absolute atomic E-state index is 12.1. The van der Waals surface area contributed by atoms with Gasteiger partial charge < -0.3 is 10.4 Å². The van der Waals surface area contributed by atoms with Crippen LogP contribution in [0.5, 0.6) is 0 Å². The van der Waals surface area contributed by atoms with Gasteiger partial charge in [-0.2, -0.15) is 0 Å². The zero-order valence-corrected chi connectivity index (χ0v) is 13.4. The highest BCUT2D eigenvalue weighted by Crippen LogP contribution is 2.16. The van der Waals surface area contributed by atoms with Gasteiger partial charge in [-0.15, -0.1) is 0 Å². The van der Waals surface area contributed by atoms with Crippen LogP contribution in [0.25, 0.3) is 6.08 Å². The van der Waals surface area contributed by atoms with Crippen molar-refractivity contribution in [2.45, 2.75) is 25.8 Å². The predicted molar refractivity (Wildman–Crippen MR) is 93.9 cm³/mol. The predicted octanol–water partition coefficient (Wildman–Crippen LogP) is 3.64. The van der Waals surface area contributed by atoms with Crippen LogP contribution in [0, 0.1) is 6.92 Å². The van der Waals surface area contributed by atoms with Crippen LogP contribution >= 0.6 is 0 Å². The van der Waals surface area contributed by atoms with Crippen molar-refractivity contribution in [3.63, 3.8) is 0 Å². The van der Waals surface area contributed by atoms with Crippen LogP contribution in [0.2, 0.25) is 0 Å². The Hall–Kier alpha value is -2.39. The molecule has 2 N–H and O–H groups in total. The van der Waals surface area contributed by atoms with Gasteiger partial charge in [-0.25, -0.2) is 0 Å². The fourth-order valence-corrected chi connectivity index (χ4v) is 2.37. The van der Waals surface area contributed by atoms with Crippen molar-refractivity contribution < 1.29 is 9.90 Å². The maximum atomic E-state index is 12.1. The molecule has 1 unspecified atom stereocenters. The topological polar surface area (TPSA) is 49.3 Å². The molecule has 0 heterocycles. The molecule has 2 aromatic rings. The number of carbonyl (C=O) groups is 1. The summed E-state index contributed by atoms with van der Waals surface area (Å²) in [6.45, 7) is 2.09. The van der Waals surface area contributed by atoms with Crippen molar-refractivity contribution in [1.29, 1.82) is 0 Å². The van der Waals surface area contributed by atoms with Crippen molar-refractivity contribution in [3.8, 4) is 0 Å². The molecule has 3 heteroatoms. The molecule has 2 aromatic carbocycles. The lowest BCUT2D eigenvalue weighted by atomic mass is 10.0. The third-order valence-corrected chi connectivity index (χ3v) is 3.65. The molecule has 0 bridgehead atoms. The third-order valence-electron chi connectivity index (χ3n) is 3.65. The van der Waals surface area contributed by atoms with E-state index in [1.54, 1.807) is 0 Å². The van der Waals surface area contributed by atoms with Gasteiger partial charge in [0.2, 0.25) is 5.91 Å². The van der Waals surface area contributed by atoms with Crippen molar-refractivity contribution in [1.82, 2.24) is 5.32 Å². The molecule has 0 spiro atoms. The summed E-state index contributed by atoms with van der Waals surface area (Å²) >= 11 is 0. The van der Waals surface area contributed by atoms with Crippen molar-refractivity contribution in [3.05, 3.63) is 77.4 Å². The van der Waals surface area contributed by atoms with E-state index in [-0.39, 0.29) is 18.6 Å². The number of aliphatic hydroxyl groups is 1. The SMILES string of the molecule is Cc1ccc(/C=C/CC(=O)NC(CCO)c2ccccc2)cc1. The molecule has 0 fully saturated rings. The van der Waals surface area contributed by atoms with Gasteiger partial charge >= 0.3 is 0 Å². The fourth-order valence-electron chi connectivity index (χ4n) is 2.37. The van der Waals surface area contributed by atoms with Gasteiger partial charge in [-0.1, -0.05) is 72.3 Å². The van der Waals surface area contributed by atoms with Crippen LogP contribution in [-0.2, 0) is 4.79 Å². The van der Waals surface area contributed by atoms with Crippen molar-refractivity contribution >= 4 is 12.0 Å². The monoisotopic (exact) mass is 309 g/mol. The molecule has 120 valence electrons. The Kier molecular flexibility index (Phi) is 6.57. The van der Waals surface area contributed by atoms with Gasteiger partial charge in [0.15, 0.2) is 0 Å². The Balaban J connectivity index is 1.90. The minimum absolute atomic E-state index is 0.0407. The number of hydrogen-bond donors (Lipinski definition) is 2. The van der Waals surface area contributed by atoms with E-state index in [1.807, 2.05) is 73.7 Å². The Morgan fingerprint density at radius 1 is 1.13 bits per heavy atom. The number of rotatable bonds is 7. The average molecular weight is 309 g/mol. The fraction of sp³-hybridized carbons (Fsp3) is 0.250. The summed E-state index contributed by atoms with van der Waals surface area (Å²) in [5, 5.41) is 12.2. The van der Waals surface area contributed by atoms with Gasteiger partial charge in [0.1, 0.15) is 0 Å². The number of nitrogens with one attached hydrogen (secondary N) is 1. The normalized spacial score (nSPS) is 12.3. The Labute approximate surface area is 137 Å².